The Balaban J connectivity index is 1.45. The van der Waals surface area contributed by atoms with Gasteiger partial charge in [-0.1, -0.05) is 0 Å². The van der Waals surface area contributed by atoms with E-state index in [1.54, 1.807) is 11.3 Å². The molecule has 0 saturated carbocycles. The Bertz CT molecular complexity index is 1010. The molecule has 9 heteroatoms. The highest BCUT2D eigenvalue weighted by atomic mass is 32.1. The van der Waals surface area contributed by atoms with E-state index < -0.39 is 0 Å². The van der Waals surface area contributed by atoms with Crippen molar-refractivity contribution in [2.45, 2.75) is 46.1 Å². The number of carbonyl (C=O) groups is 1. The second-order valence-electron chi connectivity index (χ2n) is 6.90. The molecule has 0 atom stereocenters. The smallest absolute Gasteiger partial charge is 0.221 e. The van der Waals surface area contributed by atoms with E-state index in [9.17, 15) is 4.79 Å². The minimum Gasteiger partial charge on any atom is -0.494 e. The summed E-state index contributed by atoms with van der Waals surface area (Å²) in [5.41, 5.74) is 1.99. The second kappa shape index (κ2) is 11.0. The first-order valence-corrected chi connectivity index (χ1v) is 11.4. The summed E-state index contributed by atoms with van der Waals surface area (Å²) in [5.74, 6) is 1.54. The summed E-state index contributed by atoms with van der Waals surface area (Å²) in [6.45, 7) is 5.73. The molecule has 0 fully saturated rings. The van der Waals surface area contributed by atoms with Gasteiger partial charge in [0.05, 0.1) is 11.6 Å². The van der Waals surface area contributed by atoms with Gasteiger partial charge in [0.2, 0.25) is 5.91 Å². The van der Waals surface area contributed by atoms with Gasteiger partial charge >= 0.3 is 0 Å². The van der Waals surface area contributed by atoms with Crippen LogP contribution >= 0.6 is 23.6 Å². The standard InChI is InChI=1S/C21H27N5O2S2/c1-3-28-17-9-7-16(8-10-17)20-24-25-21(29)26(20)13-11-18(27)22-12-5-4-6-19-23-15(2)14-30-19/h7-10,14H,3-6,11-13H2,1-2H3,(H,22,27)(H,25,29). The Morgan fingerprint density at radius 3 is 2.80 bits per heavy atom. The SMILES string of the molecule is CCOc1ccc(-c2n[nH]c(=S)n2CCC(=O)NCCCCc2nc(C)cs2)cc1. The van der Waals surface area contributed by atoms with E-state index in [0.29, 0.717) is 30.9 Å². The van der Waals surface area contributed by atoms with Gasteiger partial charge in [-0.25, -0.2) is 4.98 Å². The van der Waals surface area contributed by atoms with Crippen LogP contribution in [-0.2, 0) is 17.8 Å². The molecule has 1 amide bonds. The van der Waals surface area contributed by atoms with E-state index in [2.05, 4.69) is 25.9 Å². The van der Waals surface area contributed by atoms with Crippen molar-refractivity contribution in [3.05, 3.63) is 45.1 Å². The topological polar surface area (TPSA) is 84.8 Å². The van der Waals surface area contributed by atoms with E-state index in [1.165, 1.54) is 0 Å². The average molecular weight is 446 g/mol. The summed E-state index contributed by atoms with van der Waals surface area (Å²) < 4.78 is 7.84. The Labute approximate surface area is 185 Å². The van der Waals surface area contributed by atoms with E-state index in [-0.39, 0.29) is 5.91 Å². The number of rotatable bonds is 11. The minimum absolute atomic E-state index is 0.0147. The molecule has 2 heterocycles. The van der Waals surface area contributed by atoms with Gasteiger partial charge in [0.25, 0.3) is 0 Å². The zero-order valence-electron chi connectivity index (χ0n) is 17.3. The molecule has 3 rings (SSSR count). The summed E-state index contributed by atoms with van der Waals surface area (Å²) >= 11 is 7.04. The zero-order chi connectivity index (χ0) is 21.3. The lowest BCUT2D eigenvalue weighted by molar-refractivity contribution is -0.121. The maximum Gasteiger partial charge on any atom is 0.221 e. The Kier molecular flexibility index (Phi) is 8.15. The number of hydrogen-bond acceptors (Lipinski definition) is 6. The summed E-state index contributed by atoms with van der Waals surface area (Å²) in [6, 6.07) is 7.69. The van der Waals surface area contributed by atoms with Crippen LogP contribution in [0.4, 0.5) is 0 Å². The molecule has 0 aliphatic heterocycles. The number of carbonyl (C=O) groups excluding carboxylic acids is 1. The van der Waals surface area contributed by atoms with Crippen LogP contribution in [-0.4, -0.2) is 38.8 Å². The minimum atomic E-state index is 0.0147. The number of amides is 1. The third kappa shape index (κ3) is 6.24. The van der Waals surface area contributed by atoms with Crippen LogP contribution in [0.25, 0.3) is 11.4 Å². The Morgan fingerprint density at radius 1 is 1.30 bits per heavy atom. The van der Waals surface area contributed by atoms with E-state index >= 15 is 0 Å². The first-order chi connectivity index (χ1) is 14.6. The van der Waals surface area contributed by atoms with Crippen molar-refractivity contribution in [1.82, 2.24) is 25.1 Å². The Morgan fingerprint density at radius 2 is 2.10 bits per heavy atom. The first-order valence-electron chi connectivity index (χ1n) is 10.1. The number of hydrogen-bond donors (Lipinski definition) is 2. The number of nitrogens with one attached hydrogen (secondary N) is 2. The molecular weight excluding hydrogens is 418 g/mol. The van der Waals surface area contributed by atoms with Crippen molar-refractivity contribution in [2.24, 2.45) is 0 Å². The average Bonchev–Trinajstić information content (AvgIpc) is 3.32. The number of aryl methyl sites for hydroxylation is 2. The Hall–Kier alpha value is -2.52. The first kappa shape index (κ1) is 22.2. The van der Waals surface area contributed by atoms with Gasteiger partial charge in [0.1, 0.15) is 5.75 Å². The summed E-state index contributed by atoms with van der Waals surface area (Å²) in [4.78, 5) is 16.7. The van der Waals surface area contributed by atoms with Crippen LogP contribution in [0.3, 0.4) is 0 Å². The molecule has 0 bridgehead atoms. The van der Waals surface area contributed by atoms with E-state index in [4.69, 9.17) is 17.0 Å². The molecular formula is C21H27N5O2S2. The predicted molar refractivity (Wildman–Crippen MR) is 121 cm³/mol. The number of aromatic amines is 1. The van der Waals surface area contributed by atoms with Gasteiger partial charge in [-0.15, -0.1) is 11.3 Å². The molecule has 30 heavy (non-hydrogen) atoms. The number of nitrogens with zero attached hydrogens (tertiary/aromatic N) is 3. The van der Waals surface area contributed by atoms with Crippen LogP contribution in [0.1, 0.15) is 36.9 Å². The lowest BCUT2D eigenvalue weighted by Gasteiger charge is -2.09. The number of unbranched alkanes of at least 4 members (excludes halogenated alkanes) is 1. The van der Waals surface area contributed by atoms with Crippen molar-refractivity contribution in [2.75, 3.05) is 13.2 Å². The molecule has 0 unspecified atom stereocenters. The fourth-order valence-corrected chi connectivity index (χ4v) is 4.10. The van der Waals surface area contributed by atoms with E-state index in [1.807, 2.05) is 42.7 Å². The largest absolute Gasteiger partial charge is 0.494 e. The molecule has 0 aliphatic carbocycles. The van der Waals surface area contributed by atoms with Gasteiger partial charge in [-0.05, 0) is 69.6 Å². The highest BCUT2D eigenvalue weighted by Gasteiger charge is 2.11. The van der Waals surface area contributed by atoms with Gasteiger partial charge in [0.15, 0.2) is 10.6 Å². The third-order valence-corrected chi connectivity index (χ3v) is 5.89. The molecule has 2 aromatic heterocycles. The fraction of sp³-hybridized carbons (Fsp3) is 0.429. The normalized spacial score (nSPS) is 10.9. The van der Waals surface area contributed by atoms with E-state index in [0.717, 1.165) is 47.1 Å². The monoisotopic (exact) mass is 445 g/mol. The van der Waals surface area contributed by atoms with Gasteiger partial charge in [-0.2, -0.15) is 5.10 Å². The number of ether oxygens (including phenoxy) is 1. The lowest BCUT2D eigenvalue weighted by atomic mass is 10.2. The van der Waals surface area contributed by atoms with Crippen molar-refractivity contribution in [1.29, 1.82) is 0 Å². The van der Waals surface area contributed by atoms with Crippen molar-refractivity contribution in [3.8, 4) is 17.1 Å². The van der Waals surface area contributed by atoms with Crippen LogP contribution in [0.5, 0.6) is 5.75 Å². The molecule has 1 aromatic carbocycles. The van der Waals surface area contributed by atoms with Crippen LogP contribution < -0.4 is 10.1 Å². The van der Waals surface area contributed by atoms with Crippen molar-refractivity contribution in [3.63, 3.8) is 0 Å². The second-order valence-corrected chi connectivity index (χ2v) is 8.23. The maximum atomic E-state index is 12.2. The summed E-state index contributed by atoms with van der Waals surface area (Å²) in [7, 11) is 0. The molecule has 0 saturated heterocycles. The van der Waals surface area contributed by atoms with Crippen molar-refractivity contribution >= 4 is 29.5 Å². The highest BCUT2D eigenvalue weighted by molar-refractivity contribution is 7.71. The predicted octanol–water partition coefficient (Wildman–Crippen LogP) is 4.30. The summed E-state index contributed by atoms with van der Waals surface area (Å²) in [5, 5.41) is 13.4. The van der Waals surface area contributed by atoms with Crippen LogP contribution in [0.15, 0.2) is 29.6 Å². The number of benzene rings is 1. The maximum absolute atomic E-state index is 12.2. The molecule has 2 N–H and O–H groups in total. The molecule has 0 aliphatic rings. The third-order valence-electron chi connectivity index (χ3n) is 4.55. The fourth-order valence-electron chi connectivity index (χ4n) is 3.06. The summed E-state index contributed by atoms with van der Waals surface area (Å²) in [6.07, 6.45) is 3.27. The van der Waals surface area contributed by atoms with Crippen molar-refractivity contribution < 1.29 is 9.53 Å². The van der Waals surface area contributed by atoms with Gasteiger partial charge < -0.3 is 10.1 Å². The molecule has 160 valence electrons. The van der Waals surface area contributed by atoms with Crippen LogP contribution in [0.2, 0.25) is 0 Å². The molecule has 3 aromatic rings. The van der Waals surface area contributed by atoms with Gasteiger partial charge in [0, 0.05) is 36.1 Å². The number of H-pyrrole nitrogens is 1. The quantitative estimate of drug-likeness (QED) is 0.340. The number of aromatic nitrogens is 4. The zero-order valence-corrected chi connectivity index (χ0v) is 18.9. The number of thiazole rings is 1. The molecule has 0 radical (unpaired) electrons. The highest BCUT2D eigenvalue weighted by Crippen LogP contribution is 2.21. The lowest BCUT2D eigenvalue weighted by Crippen LogP contribution is -2.25. The van der Waals surface area contributed by atoms with Crippen LogP contribution in [0, 0.1) is 11.7 Å². The molecule has 7 nitrogen and oxygen atoms in total. The van der Waals surface area contributed by atoms with Gasteiger partial charge in [-0.3, -0.25) is 14.5 Å². The molecule has 0 spiro atoms.